The van der Waals surface area contributed by atoms with Gasteiger partial charge < -0.3 is 4.74 Å². The van der Waals surface area contributed by atoms with Gasteiger partial charge in [0.15, 0.2) is 5.82 Å². The van der Waals surface area contributed by atoms with Crippen molar-refractivity contribution in [1.82, 2.24) is 19.8 Å². The van der Waals surface area contributed by atoms with Crippen LogP contribution in [0.1, 0.15) is 23.7 Å². The van der Waals surface area contributed by atoms with Crippen LogP contribution >= 0.6 is 11.3 Å². The zero-order chi connectivity index (χ0) is 11.3. The number of aryl methyl sites for hydroxylation is 1. The Kier molecular flexibility index (Phi) is 1.82. The van der Waals surface area contributed by atoms with Crippen molar-refractivity contribution in [3.8, 4) is 0 Å². The lowest BCUT2D eigenvalue weighted by molar-refractivity contribution is -0.143. The van der Waals surface area contributed by atoms with Crippen LogP contribution in [-0.2, 0) is 14.9 Å². The van der Waals surface area contributed by atoms with Gasteiger partial charge in [0.25, 0.3) is 0 Å². The summed E-state index contributed by atoms with van der Waals surface area (Å²) >= 11 is 1.41. The van der Waals surface area contributed by atoms with E-state index < -0.39 is 5.41 Å². The summed E-state index contributed by atoms with van der Waals surface area (Å²) in [5.74, 6) is 0.535. The maximum Gasteiger partial charge on any atom is 0.318 e. The average Bonchev–Trinajstić information content (AvgIpc) is 2.87. The number of hydrogen-bond acceptors (Lipinski definition) is 6. The molecule has 0 atom stereocenters. The van der Waals surface area contributed by atoms with Crippen LogP contribution < -0.4 is 0 Å². The molecule has 0 aliphatic heterocycles. The summed E-state index contributed by atoms with van der Waals surface area (Å²) < 4.78 is 6.49. The molecule has 2 aromatic heterocycles. The third-order valence-corrected chi connectivity index (χ3v) is 3.99. The SMILES string of the molecule is COC(=O)C1(c2nn3c(C)nnc3s2)CC1. The normalized spacial score (nSPS) is 17.6. The molecule has 84 valence electrons. The summed E-state index contributed by atoms with van der Waals surface area (Å²) in [7, 11) is 1.41. The molecule has 0 spiro atoms. The van der Waals surface area contributed by atoms with E-state index in [1.54, 1.807) is 4.52 Å². The molecule has 1 aliphatic carbocycles. The third-order valence-electron chi connectivity index (χ3n) is 2.88. The first-order valence-corrected chi connectivity index (χ1v) is 5.77. The lowest BCUT2D eigenvalue weighted by Gasteiger charge is -2.07. The Morgan fingerprint density at radius 2 is 2.25 bits per heavy atom. The van der Waals surface area contributed by atoms with E-state index in [0.717, 1.165) is 28.6 Å². The number of carbonyl (C=O) groups excluding carboxylic acids is 1. The van der Waals surface area contributed by atoms with Gasteiger partial charge in [-0.25, -0.2) is 0 Å². The average molecular weight is 238 g/mol. The molecule has 6 nitrogen and oxygen atoms in total. The van der Waals surface area contributed by atoms with Crippen LogP contribution in [0.3, 0.4) is 0 Å². The van der Waals surface area contributed by atoms with E-state index in [0.29, 0.717) is 0 Å². The smallest absolute Gasteiger partial charge is 0.318 e. The predicted molar refractivity (Wildman–Crippen MR) is 56.3 cm³/mol. The number of hydrogen-bond donors (Lipinski definition) is 0. The Hall–Kier alpha value is -1.50. The Labute approximate surface area is 95.2 Å². The maximum absolute atomic E-state index is 11.7. The lowest BCUT2D eigenvalue weighted by atomic mass is 10.1. The van der Waals surface area contributed by atoms with Crippen molar-refractivity contribution in [2.24, 2.45) is 0 Å². The molecule has 1 aliphatic rings. The number of fused-ring (bicyclic) bond motifs is 1. The number of rotatable bonds is 2. The molecule has 0 aromatic carbocycles. The van der Waals surface area contributed by atoms with Crippen LogP contribution in [0, 0.1) is 6.92 Å². The minimum absolute atomic E-state index is 0.199. The number of nitrogens with zero attached hydrogens (tertiary/aromatic N) is 4. The Bertz CT molecular complexity index is 569. The molecule has 7 heteroatoms. The molecule has 0 bridgehead atoms. The highest BCUT2D eigenvalue weighted by Crippen LogP contribution is 2.50. The summed E-state index contributed by atoms with van der Waals surface area (Å²) in [6, 6.07) is 0. The first-order chi connectivity index (χ1) is 7.67. The van der Waals surface area contributed by atoms with Gasteiger partial charge in [-0.1, -0.05) is 11.3 Å². The minimum atomic E-state index is -0.507. The van der Waals surface area contributed by atoms with E-state index in [4.69, 9.17) is 4.74 Å². The second-order valence-corrected chi connectivity index (χ2v) is 4.88. The van der Waals surface area contributed by atoms with Crippen molar-refractivity contribution >= 4 is 22.3 Å². The Morgan fingerprint density at radius 3 is 2.81 bits per heavy atom. The van der Waals surface area contributed by atoms with Gasteiger partial charge in [0, 0.05) is 0 Å². The lowest BCUT2D eigenvalue weighted by Crippen LogP contribution is -2.21. The fourth-order valence-electron chi connectivity index (χ4n) is 1.73. The van der Waals surface area contributed by atoms with E-state index in [-0.39, 0.29) is 5.97 Å². The highest BCUT2D eigenvalue weighted by molar-refractivity contribution is 7.17. The van der Waals surface area contributed by atoms with Gasteiger partial charge >= 0.3 is 5.97 Å². The van der Waals surface area contributed by atoms with Crippen molar-refractivity contribution in [3.05, 3.63) is 10.8 Å². The van der Waals surface area contributed by atoms with E-state index in [2.05, 4.69) is 15.3 Å². The van der Waals surface area contributed by atoms with Gasteiger partial charge in [-0.3, -0.25) is 4.79 Å². The van der Waals surface area contributed by atoms with Gasteiger partial charge in [0.2, 0.25) is 4.96 Å². The molecular formula is C9H10N4O2S. The van der Waals surface area contributed by atoms with Crippen LogP contribution in [0.25, 0.3) is 4.96 Å². The van der Waals surface area contributed by atoms with Gasteiger partial charge in [-0.15, -0.1) is 10.2 Å². The molecule has 0 radical (unpaired) electrons. The summed E-state index contributed by atoms with van der Waals surface area (Å²) in [6.07, 6.45) is 1.62. The summed E-state index contributed by atoms with van der Waals surface area (Å²) in [4.78, 5) is 12.4. The highest BCUT2D eigenvalue weighted by atomic mass is 32.1. The molecule has 16 heavy (non-hydrogen) atoms. The zero-order valence-electron chi connectivity index (χ0n) is 8.93. The quantitative estimate of drug-likeness (QED) is 0.720. The van der Waals surface area contributed by atoms with Crippen LogP contribution in [0.5, 0.6) is 0 Å². The molecule has 2 aromatic rings. The van der Waals surface area contributed by atoms with Crippen molar-refractivity contribution in [1.29, 1.82) is 0 Å². The summed E-state index contributed by atoms with van der Waals surface area (Å²) in [5, 5.41) is 13.1. The van der Waals surface area contributed by atoms with Crippen molar-refractivity contribution in [2.45, 2.75) is 25.2 Å². The van der Waals surface area contributed by atoms with Crippen LogP contribution in [-0.4, -0.2) is 32.9 Å². The minimum Gasteiger partial charge on any atom is -0.468 e. The van der Waals surface area contributed by atoms with Crippen LogP contribution in [0.15, 0.2) is 0 Å². The van der Waals surface area contributed by atoms with Crippen molar-refractivity contribution in [3.63, 3.8) is 0 Å². The molecule has 1 saturated carbocycles. The molecule has 3 rings (SSSR count). The fraction of sp³-hybridized carbons (Fsp3) is 0.556. The Balaban J connectivity index is 2.09. The fourth-order valence-corrected chi connectivity index (χ4v) is 2.85. The van der Waals surface area contributed by atoms with E-state index in [1.165, 1.54) is 18.4 Å². The number of ether oxygens (including phenoxy) is 1. The highest BCUT2D eigenvalue weighted by Gasteiger charge is 2.55. The topological polar surface area (TPSA) is 69.4 Å². The molecular weight excluding hydrogens is 228 g/mol. The molecule has 0 N–H and O–H groups in total. The maximum atomic E-state index is 11.7. The summed E-state index contributed by atoms with van der Waals surface area (Å²) in [6.45, 7) is 1.83. The van der Waals surface area contributed by atoms with Gasteiger partial charge in [0.1, 0.15) is 10.4 Å². The van der Waals surface area contributed by atoms with Crippen LogP contribution in [0.4, 0.5) is 0 Å². The van der Waals surface area contributed by atoms with Gasteiger partial charge in [-0.05, 0) is 19.8 Å². The first kappa shape index (κ1) is 9.71. The Morgan fingerprint density at radius 1 is 1.50 bits per heavy atom. The van der Waals surface area contributed by atoms with E-state index in [9.17, 15) is 4.79 Å². The molecule has 0 saturated heterocycles. The third kappa shape index (κ3) is 1.12. The second kappa shape index (κ2) is 3.00. The molecule has 0 unspecified atom stereocenters. The number of methoxy groups -OCH3 is 1. The predicted octanol–water partition coefficient (Wildman–Crippen LogP) is 0.699. The monoisotopic (exact) mass is 238 g/mol. The first-order valence-electron chi connectivity index (χ1n) is 4.95. The number of esters is 1. The molecule has 0 amide bonds. The standard InChI is InChI=1S/C9H10N4O2S/c1-5-10-11-8-13(5)12-6(16-8)9(3-4-9)7(14)15-2/h3-4H2,1-2H3. The van der Waals surface area contributed by atoms with E-state index >= 15 is 0 Å². The largest absolute Gasteiger partial charge is 0.468 e. The summed E-state index contributed by atoms with van der Waals surface area (Å²) in [5.41, 5.74) is -0.507. The van der Waals surface area contributed by atoms with Crippen molar-refractivity contribution < 1.29 is 9.53 Å². The number of aromatic nitrogens is 4. The van der Waals surface area contributed by atoms with Crippen LogP contribution in [0.2, 0.25) is 0 Å². The molecule has 2 heterocycles. The van der Waals surface area contributed by atoms with Gasteiger partial charge in [-0.2, -0.15) is 9.61 Å². The van der Waals surface area contributed by atoms with Crippen molar-refractivity contribution in [2.75, 3.05) is 7.11 Å². The van der Waals surface area contributed by atoms with E-state index in [1.807, 2.05) is 6.92 Å². The second-order valence-electron chi connectivity index (χ2n) is 3.92. The number of carbonyl (C=O) groups is 1. The van der Waals surface area contributed by atoms with Gasteiger partial charge in [0.05, 0.1) is 7.11 Å². The molecule has 1 fully saturated rings. The zero-order valence-corrected chi connectivity index (χ0v) is 9.74.